The van der Waals surface area contributed by atoms with Crippen LogP contribution in [0.4, 0.5) is 14.5 Å². The van der Waals surface area contributed by atoms with E-state index in [1.807, 2.05) is 20.8 Å². The maximum atomic E-state index is 13.7. The number of anilines is 1. The fourth-order valence-corrected chi connectivity index (χ4v) is 3.39. The van der Waals surface area contributed by atoms with Crippen molar-refractivity contribution >= 4 is 33.0 Å². The average molecular weight is 346 g/mol. The number of halogens is 3. The second kappa shape index (κ2) is 5.59. The zero-order chi connectivity index (χ0) is 14.2. The van der Waals surface area contributed by atoms with Crippen molar-refractivity contribution in [2.75, 3.05) is 5.32 Å². The molecule has 0 fully saturated rings. The quantitative estimate of drug-likeness (QED) is 0.716. The highest BCUT2D eigenvalue weighted by molar-refractivity contribution is 9.10. The summed E-state index contributed by atoms with van der Waals surface area (Å²) in [6.45, 7) is 6.05. The van der Waals surface area contributed by atoms with Gasteiger partial charge in [0.1, 0.15) is 11.6 Å². The Morgan fingerprint density at radius 2 is 1.84 bits per heavy atom. The minimum atomic E-state index is -0.599. The summed E-state index contributed by atoms with van der Waals surface area (Å²) in [4.78, 5) is 2.43. The van der Waals surface area contributed by atoms with Crippen LogP contribution in [0.25, 0.3) is 0 Å². The highest BCUT2D eigenvalue weighted by Crippen LogP contribution is 2.31. The molecule has 0 saturated heterocycles. The Kier molecular flexibility index (Phi) is 4.26. The minimum absolute atomic E-state index is 0.0307. The van der Waals surface area contributed by atoms with Gasteiger partial charge < -0.3 is 5.32 Å². The van der Waals surface area contributed by atoms with Gasteiger partial charge in [-0.05, 0) is 54.4 Å². The highest BCUT2D eigenvalue weighted by atomic mass is 79.9. The lowest BCUT2D eigenvalue weighted by Crippen LogP contribution is -2.08. The van der Waals surface area contributed by atoms with E-state index >= 15 is 0 Å². The van der Waals surface area contributed by atoms with E-state index in [0.29, 0.717) is 5.69 Å². The zero-order valence-corrected chi connectivity index (χ0v) is 13.3. The molecule has 1 N–H and O–H groups in total. The summed E-state index contributed by atoms with van der Waals surface area (Å²) < 4.78 is 27.1. The van der Waals surface area contributed by atoms with Crippen molar-refractivity contribution in [3.8, 4) is 0 Å². The third-order valence-electron chi connectivity index (χ3n) is 2.93. The second-order valence-electron chi connectivity index (χ2n) is 4.48. The lowest BCUT2D eigenvalue weighted by molar-refractivity contribution is 0.579. The summed E-state index contributed by atoms with van der Waals surface area (Å²) in [6.07, 6.45) is 0. The van der Waals surface area contributed by atoms with Gasteiger partial charge in [-0.2, -0.15) is 0 Å². The summed E-state index contributed by atoms with van der Waals surface area (Å²) >= 11 is 4.78. The maximum Gasteiger partial charge on any atom is 0.149 e. The molecule has 2 rings (SSSR count). The second-order valence-corrected chi connectivity index (χ2v) is 6.80. The molecular weight excluding hydrogens is 332 g/mol. The first-order valence-corrected chi connectivity index (χ1v) is 7.47. The van der Waals surface area contributed by atoms with Gasteiger partial charge in [0.25, 0.3) is 0 Å². The summed E-state index contributed by atoms with van der Waals surface area (Å²) in [5.41, 5.74) is 1.44. The summed E-state index contributed by atoms with van der Waals surface area (Å²) in [7, 11) is 0. The van der Waals surface area contributed by atoms with E-state index < -0.39 is 11.6 Å². The molecule has 1 unspecified atom stereocenters. The molecule has 0 saturated carbocycles. The average Bonchev–Trinajstić information content (AvgIpc) is 2.65. The fraction of sp³-hybridized carbons (Fsp3) is 0.286. The first-order chi connectivity index (χ1) is 8.88. The van der Waals surface area contributed by atoms with Crippen molar-refractivity contribution in [3.05, 3.63) is 49.6 Å². The van der Waals surface area contributed by atoms with Gasteiger partial charge in [-0.3, -0.25) is 0 Å². The van der Waals surface area contributed by atoms with Gasteiger partial charge >= 0.3 is 0 Å². The van der Waals surface area contributed by atoms with E-state index in [1.165, 1.54) is 15.8 Å². The summed E-state index contributed by atoms with van der Waals surface area (Å²) in [5, 5.41) is 3.08. The van der Waals surface area contributed by atoms with Gasteiger partial charge in [0.05, 0.1) is 10.2 Å². The Morgan fingerprint density at radius 1 is 1.16 bits per heavy atom. The Morgan fingerprint density at radius 3 is 2.42 bits per heavy atom. The maximum absolute atomic E-state index is 13.7. The molecule has 1 atom stereocenters. The Bertz CT molecular complexity index is 610. The molecule has 1 aromatic heterocycles. The molecule has 19 heavy (non-hydrogen) atoms. The molecular formula is C14H14BrF2NS. The molecule has 0 radical (unpaired) electrons. The lowest BCUT2D eigenvalue weighted by atomic mass is 10.1. The van der Waals surface area contributed by atoms with Crippen molar-refractivity contribution in [3.63, 3.8) is 0 Å². The molecule has 1 nitrogen and oxygen atoms in total. The molecule has 1 heterocycles. The van der Waals surface area contributed by atoms with Crippen LogP contribution in [0, 0.1) is 25.5 Å². The van der Waals surface area contributed by atoms with Crippen molar-refractivity contribution in [1.29, 1.82) is 0 Å². The third kappa shape index (κ3) is 3.15. The van der Waals surface area contributed by atoms with E-state index in [0.717, 1.165) is 11.6 Å². The molecule has 0 bridgehead atoms. The summed E-state index contributed by atoms with van der Waals surface area (Å²) in [5.74, 6) is -1.18. The number of hydrogen-bond donors (Lipinski definition) is 1. The Labute approximate surface area is 123 Å². The van der Waals surface area contributed by atoms with Crippen molar-refractivity contribution < 1.29 is 8.78 Å². The molecule has 1 aromatic carbocycles. The molecule has 0 aliphatic heterocycles. The third-order valence-corrected chi connectivity index (χ3v) is 4.52. The molecule has 0 aliphatic rings. The molecule has 102 valence electrons. The van der Waals surface area contributed by atoms with Crippen LogP contribution in [0.15, 0.2) is 22.7 Å². The van der Waals surface area contributed by atoms with Crippen LogP contribution in [0.5, 0.6) is 0 Å². The first kappa shape index (κ1) is 14.5. The van der Waals surface area contributed by atoms with Crippen LogP contribution in [-0.2, 0) is 0 Å². The van der Waals surface area contributed by atoms with E-state index in [9.17, 15) is 8.78 Å². The van der Waals surface area contributed by atoms with Gasteiger partial charge in [0.15, 0.2) is 0 Å². The Balaban J connectivity index is 2.26. The topological polar surface area (TPSA) is 12.0 Å². The number of benzene rings is 1. The first-order valence-electron chi connectivity index (χ1n) is 5.86. The van der Waals surface area contributed by atoms with Crippen LogP contribution in [0.2, 0.25) is 0 Å². The highest BCUT2D eigenvalue weighted by Gasteiger charge is 2.14. The van der Waals surface area contributed by atoms with Gasteiger partial charge in [0.2, 0.25) is 0 Å². The van der Waals surface area contributed by atoms with E-state index in [-0.39, 0.29) is 10.5 Å². The zero-order valence-electron chi connectivity index (χ0n) is 10.9. The van der Waals surface area contributed by atoms with Gasteiger partial charge in [-0.15, -0.1) is 11.3 Å². The van der Waals surface area contributed by atoms with Gasteiger partial charge in [0, 0.05) is 21.9 Å². The molecule has 0 spiro atoms. The lowest BCUT2D eigenvalue weighted by Gasteiger charge is -2.16. The summed E-state index contributed by atoms with van der Waals surface area (Å²) in [6, 6.07) is 4.37. The van der Waals surface area contributed by atoms with E-state index in [1.54, 1.807) is 11.3 Å². The molecule has 2 aromatic rings. The smallest absolute Gasteiger partial charge is 0.149 e. The monoisotopic (exact) mass is 345 g/mol. The van der Waals surface area contributed by atoms with Crippen LogP contribution in [0.1, 0.15) is 28.3 Å². The van der Waals surface area contributed by atoms with Crippen LogP contribution in [-0.4, -0.2) is 0 Å². The van der Waals surface area contributed by atoms with Crippen molar-refractivity contribution in [2.24, 2.45) is 0 Å². The fourth-order valence-electron chi connectivity index (χ4n) is 2.02. The minimum Gasteiger partial charge on any atom is -0.376 e. The molecule has 5 heteroatoms. The molecule has 0 amide bonds. The van der Waals surface area contributed by atoms with E-state index in [4.69, 9.17) is 0 Å². The number of thiophene rings is 1. The number of rotatable bonds is 3. The number of aryl methyl sites for hydroxylation is 2. The van der Waals surface area contributed by atoms with E-state index in [2.05, 4.69) is 27.3 Å². The van der Waals surface area contributed by atoms with Crippen LogP contribution < -0.4 is 5.32 Å². The largest absolute Gasteiger partial charge is 0.376 e. The SMILES string of the molecule is Cc1cc(C(C)Nc2cc(Br)c(F)cc2F)c(C)s1. The molecule has 0 aliphatic carbocycles. The normalized spacial score (nSPS) is 12.5. The van der Waals surface area contributed by atoms with Gasteiger partial charge in [-0.25, -0.2) is 8.78 Å². The standard InChI is InChI=1S/C14H14BrF2NS/c1-7-4-10(9(3)19-7)8(2)18-14-5-11(15)12(16)6-13(14)17/h4-6,8,18H,1-3H3. The predicted molar refractivity (Wildman–Crippen MR) is 79.9 cm³/mol. The van der Waals surface area contributed by atoms with Crippen molar-refractivity contribution in [2.45, 2.75) is 26.8 Å². The van der Waals surface area contributed by atoms with Crippen molar-refractivity contribution in [1.82, 2.24) is 0 Å². The number of hydrogen-bond acceptors (Lipinski definition) is 2. The van der Waals surface area contributed by atoms with Crippen LogP contribution >= 0.6 is 27.3 Å². The predicted octanol–water partition coefficient (Wildman–Crippen LogP) is 5.58. The van der Waals surface area contributed by atoms with Gasteiger partial charge in [-0.1, -0.05) is 0 Å². The Hall–Kier alpha value is -0.940. The van der Waals surface area contributed by atoms with Crippen LogP contribution in [0.3, 0.4) is 0 Å². The number of nitrogens with one attached hydrogen (secondary N) is 1.